The van der Waals surface area contributed by atoms with Gasteiger partial charge in [0.25, 0.3) is 5.69 Å². The molecule has 1 heterocycles. The molecule has 0 spiro atoms. The zero-order chi connectivity index (χ0) is 25.5. The second-order valence-corrected chi connectivity index (χ2v) is 8.42. The van der Waals surface area contributed by atoms with E-state index in [1.165, 1.54) is 11.6 Å². The summed E-state index contributed by atoms with van der Waals surface area (Å²) in [4.78, 5) is 29.8. The van der Waals surface area contributed by atoms with Crippen molar-refractivity contribution in [1.82, 2.24) is 5.32 Å². The van der Waals surface area contributed by atoms with Gasteiger partial charge >= 0.3 is 11.9 Å². The number of hydrogen-bond donors (Lipinski definition) is 4. The molecule has 0 aromatic heterocycles. The Labute approximate surface area is 203 Å². The van der Waals surface area contributed by atoms with E-state index in [4.69, 9.17) is 14.9 Å². The molecular weight excluding hydrogens is 512 g/mol. The van der Waals surface area contributed by atoms with Crippen LogP contribution in [0.5, 0.6) is 5.75 Å². The lowest BCUT2D eigenvalue weighted by Gasteiger charge is -2.34. The van der Waals surface area contributed by atoms with Gasteiger partial charge in [0.05, 0.1) is 21.2 Å². The number of aliphatic hydroxyl groups is 1. The molecule has 0 bridgehead atoms. The van der Waals surface area contributed by atoms with Gasteiger partial charge in [-0.25, -0.2) is 9.59 Å². The molecule has 3 rings (SSSR count). The molecule has 0 amide bonds. The fourth-order valence-electron chi connectivity index (χ4n) is 3.01. The lowest BCUT2D eigenvalue weighted by molar-refractivity contribution is -0.385. The zero-order valence-corrected chi connectivity index (χ0v) is 19.9. The quantitative estimate of drug-likeness (QED) is 0.230. The standard InChI is InChI=1S/C19H19BrN2O4.C4H4O4/c1-19(2)18(23)17(21-9-8-12-6-4-3-5-7-12)13-10-14(20)15(22(24)25)11-16(13)26-19;5-3(6)1-2-4(7)8/h3-7,10-11,21,23H,8-9H2,1-2H3;1-2H,(H,5,6)(H,7,8)/b;2-1-. The summed E-state index contributed by atoms with van der Waals surface area (Å²) in [5.74, 6) is -2.08. The van der Waals surface area contributed by atoms with E-state index in [-0.39, 0.29) is 11.4 Å². The fourth-order valence-corrected chi connectivity index (χ4v) is 3.50. The molecule has 11 heteroatoms. The number of hydrogen-bond acceptors (Lipinski definition) is 7. The number of benzene rings is 2. The Hall–Kier alpha value is -3.86. The summed E-state index contributed by atoms with van der Waals surface area (Å²) < 4.78 is 6.13. The molecule has 2 aromatic rings. The number of fused-ring (bicyclic) bond motifs is 1. The summed E-state index contributed by atoms with van der Waals surface area (Å²) in [5, 5.41) is 40.7. The van der Waals surface area contributed by atoms with Gasteiger partial charge < -0.3 is 25.4 Å². The SMILES string of the molecule is CC1(C)Oc2cc([N+](=O)[O-])c(Br)cc2C(NCCc2ccccc2)=C1O.O=C(O)/C=C\C(=O)O. The third kappa shape index (κ3) is 7.07. The Bertz CT molecular complexity index is 1130. The summed E-state index contributed by atoms with van der Waals surface area (Å²) in [6.07, 6.45) is 1.90. The maximum absolute atomic E-state index is 11.2. The van der Waals surface area contributed by atoms with Gasteiger partial charge in [-0.1, -0.05) is 30.3 Å². The smallest absolute Gasteiger partial charge is 0.328 e. The van der Waals surface area contributed by atoms with E-state index in [1.54, 1.807) is 19.9 Å². The third-order valence-electron chi connectivity index (χ3n) is 4.61. The number of nitro groups is 1. The van der Waals surface area contributed by atoms with Crippen molar-refractivity contribution in [2.45, 2.75) is 25.9 Å². The monoisotopic (exact) mass is 534 g/mol. The molecule has 0 saturated heterocycles. The highest BCUT2D eigenvalue weighted by atomic mass is 79.9. The minimum atomic E-state index is -1.26. The van der Waals surface area contributed by atoms with Gasteiger partial charge in [-0.3, -0.25) is 10.1 Å². The largest absolute Gasteiger partial charge is 0.506 e. The van der Waals surface area contributed by atoms with Crippen LogP contribution in [-0.4, -0.2) is 44.3 Å². The van der Waals surface area contributed by atoms with Crippen molar-refractivity contribution in [3.8, 4) is 5.75 Å². The van der Waals surface area contributed by atoms with Gasteiger partial charge in [-0.05, 0) is 47.8 Å². The second-order valence-electron chi connectivity index (χ2n) is 7.57. The van der Waals surface area contributed by atoms with Crippen molar-refractivity contribution in [3.63, 3.8) is 0 Å². The van der Waals surface area contributed by atoms with Crippen molar-refractivity contribution >= 4 is 39.3 Å². The summed E-state index contributed by atoms with van der Waals surface area (Å²) in [6, 6.07) is 13.0. The predicted molar refractivity (Wildman–Crippen MR) is 128 cm³/mol. The third-order valence-corrected chi connectivity index (χ3v) is 5.25. The van der Waals surface area contributed by atoms with Gasteiger partial charge in [-0.2, -0.15) is 0 Å². The van der Waals surface area contributed by atoms with E-state index in [2.05, 4.69) is 21.2 Å². The number of nitrogens with one attached hydrogen (secondary N) is 1. The average molecular weight is 535 g/mol. The lowest BCUT2D eigenvalue weighted by Crippen LogP contribution is -2.37. The lowest BCUT2D eigenvalue weighted by atomic mass is 9.96. The maximum Gasteiger partial charge on any atom is 0.328 e. The Morgan fingerprint density at radius 1 is 1.15 bits per heavy atom. The normalized spacial score (nSPS) is 13.9. The molecule has 1 aliphatic rings. The Kier molecular flexibility index (Phi) is 8.79. The molecule has 180 valence electrons. The molecule has 10 nitrogen and oxygen atoms in total. The number of carbonyl (C=O) groups is 2. The number of aliphatic hydroxyl groups excluding tert-OH is 1. The van der Waals surface area contributed by atoms with Gasteiger partial charge in [-0.15, -0.1) is 0 Å². The Morgan fingerprint density at radius 3 is 2.26 bits per heavy atom. The molecule has 34 heavy (non-hydrogen) atoms. The second kappa shape index (κ2) is 11.3. The van der Waals surface area contributed by atoms with Gasteiger partial charge in [0.15, 0.2) is 11.4 Å². The predicted octanol–water partition coefficient (Wildman–Crippen LogP) is 4.30. The number of nitro benzene ring substituents is 1. The van der Waals surface area contributed by atoms with Crippen LogP contribution in [0.3, 0.4) is 0 Å². The van der Waals surface area contributed by atoms with Crippen LogP contribution in [0, 0.1) is 10.1 Å². The summed E-state index contributed by atoms with van der Waals surface area (Å²) in [7, 11) is 0. The highest BCUT2D eigenvalue weighted by Crippen LogP contribution is 2.43. The first kappa shape index (κ1) is 26.4. The molecule has 1 aliphatic heterocycles. The van der Waals surface area contributed by atoms with Crippen molar-refractivity contribution in [1.29, 1.82) is 0 Å². The van der Waals surface area contributed by atoms with E-state index in [9.17, 15) is 24.8 Å². The fraction of sp³-hybridized carbons (Fsp3) is 0.217. The molecular formula is C23H23BrN2O8. The first-order valence-electron chi connectivity index (χ1n) is 9.95. The van der Waals surface area contributed by atoms with Crippen LogP contribution in [0.1, 0.15) is 25.0 Å². The average Bonchev–Trinajstić information content (AvgIpc) is 2.76. The number of nitrogens with zero attached hydrogens (tertiary/aromatic N) is 1. The van der Waals surface area contributed by atoms with E-state index in [0.717, 1.165) is 6.42 Å². The van der Waals surface area contributed by atoms with E-state index < -0.39 is 22.5 Å². The van der Waals surface area contributed by atoms with Crippen LogP contribution < -0.4 is 10.1 Å². The highest BCUT2D eigenvalue weighted by Gasteiger charge is 2.37. The maximum atomic E-state index is 11.2. The van der Waals surface area contributed by atoms with Crippen molar-refractivity contribution in [2.75, 3.05) is 6.54 Å². The van der Waals surface area contributed by atoms with Crippen LogP contribution in [-0.2, 0) is 16.0 Å². The molecule has 0 saturated carbocycles. The number of ether oxygens (including phenoxy) is 1. The molecule has 0 aliphatic carbocycles. The zero-order valence-electron chi connectivity index (χ0n) is 18.3. The summed E-state index contributed by atoms with van der Waals surface area (Å²) in [6.45, 7) is 4.05. The summed E-state index contributed by atoms with van der Waals surface area (Å²) >= 11 is 3.23. The van der Waals surface area contributed by atoms with E-state index in [0.29, 0.717) is 40.2 Å². The van der Waals surface area contributed by atoms with Crippen molar-refractivity contribution in [2.24, 2.45) is 0 Å². The molecule has 4 N–H and O–H groups in total. The minimum absolute atomic E-state index is 0.0683. The van der Waals surface area contributed by atoms with Crippen molar-refractivity contribution in [3.05, 3.63) is 86.1 Å². The van der Waals surface area contributed by atoms with Gasteiger partial charge in [0, 0.05) is 24.3 Å². The molecule has 0 atom stereocenters. The van der Waals surface area contributed by atoms with Crippen LogP contribution in [0.2, 0.25) is 0 Å². The van der Waals surface area contributed by atoms with Crippen LogP contribution in [0.4, 0.5) is 5.69 Å². The first-order valence-corrected chi connectivity index (χ1v) is 10.7. The Balaban J connectivity index is 0.000000440. The number of rotatable bonds is 7. The van der Waals surface area contributed by atoms with Crippen LogP contribution in [0.25, 0.3) is 5.70 Å². The molecule has 0 radical (unpaired) electrons. The number of carboxylic acid groups (broad SMARTS) is 2. The molecule has 0 fully saturated rings. The van der Waals surface area contributed by atoms with Crippen molar-refractivity contribution < 1.29 is 34.6 Å². The van der Waals surface area contributed by atoms with E-state index in [1.807, 2.05) is 30.3 Å². The number of carboxylic acids is 2. The summed E-state index contributed by atoms with van der Waals surface area (Å²) in [5.41, 5.74) is 1.24. The molecule has 0 unspecified atom stereocenters. The van der Waals surface area contributed by atoms with Gasteiger partial charge in [0.2, 0.25) is 0 Å². The number of aliphatic carboxylic acids is 2. The molecule has 2 aromatic carbocycles. The number of halogens is 1. The topological polar surface area (TPSA) is 159 Å². The van der Waals surface area contributed by atoms with Gasteiger partial charge in [0.1, 0.15) is 5.75 Å². The first-order chi connectivity index (χ1) is 15.9. The van der Waals surface area contributed by atoms with Crippen LogP contribution in [0.15, 0.2) is 64.8 Å². The highest BCUT2D eigenvalue weighted by molar-refractivity contribution is 9.10. The minimum Gasteiger partial charge on any atom is -0.506 e. The van der Waals surface area contributed by atoms with E-state index >= 15 is 0 Å². The Morgan fingerprint density at radius 2 is 1.74 bits per heavy atom. The van der Waals surface area contributed by atoms with Crippen LogP contribution >= 0.6 is 15.9 Å².